The Balaban J connectivity index is 1.46. The van der Waals surface area contributed by atoms with Gasteiger partial charge in [-0.2, -0.15) is 11.8 Å². The number of hydrogen-bond acceptors (Lipinski definition) is 11. The number of aliphatic hydroxyl groups excluding tert-OH is 1. The lowest BCUT2D eigenvalue weighted by atomic mass is 9.84. The third kappa shape index (κ3) is 15.7. The number of likely N-dealkylation sites (tertiary alicyclic amines) is 1. The Labute approximate surface area is 439 Å². The van der Waals surface area contributed by atoms with Crippen LogP contribution in [0.2, 0.25) is 0 Å². The zero-order valence-electron chi connectivity index (χ0n) is 43.8. The van der Waals surface area contributed by atoms with Crippen molar-refractivity contribution in [3.05, 3.63) is 71.3 Å². The number of fused-ring (bicyclic) bond motifs is 1. The van der Waals surface area contributed by atoms with Gasteiger partial charge >= 0.3 is 0 Å². The largest absolute Gasteiger partial charge is 0.394 e. The minimum Gasteiger partial charge on any atom is -0.394 e. The van der Waals surface area contributed by atoms with E-state index >= 15 is 9.59 Å². The molecule has 0 radical (unpaired) electrons. The standard InChI is InChI=1S/C53H79N11O9S/c1-32(66)58-40(28-33-16-9-7-10-17-33)46(68)59-38(22-15-25-57-52(55)56)51(73)64-30-36-21-14-13-20-35(36)29-42(64)47(69)60-39(24-27-74-6)50(72)63-26-23-37(34-18-11-8-12-19-34)43(63)48(70)61-41(31-65)49(71)62(5)44(45(54)67)53(2,3)4/h8,11-14,18-21,33,37-44,65H,7,9-10,15-17,22-31H2,1-6H3,(H2,54,67)(H,58,66)(H,59,68)(H,60,69)(H,61,70)(H4,55,56,57)/t37?,38-,39+,40-,41-,42+,43+,44+/m0/s1. The Bertz CT molecular complexity index is 2320. The summed E-state index contributed by atoms with van der Waals surface area (Å²) in [5, 5.41) is 21.9. The van der Waals surface area contributed by atoms with Gasteiger partial charge in [-0.15, -0.1) is 0 Å². The third-order valence-electron chi connectivity index (χ3n) is 14.4. The predicted molar refractivity (Wildman–Crippen MR) is 284 cm³/mol. The molecule has 3 aliphatic rings. The van der Waals surface area contributed by atoms with E-state index in [1.807, 2.05) is 60.9 Å². The average molecular weight is 1050 g/mol. The molecule has 2 fully saturated rings. The van der Waals surface area contributed by atoms with Crippen molar-refractivity contribution in [1.29, 1.82) is 0 Å². The minimum atomic E-state index is -1.50. The number of carbonyl (C=O) groups excluding carboxylic acids is 8. The number of guanidine groups is 1. The van der Waals surface area contributed by atoms with Gasteiger partial charge in [0.25, 0.3) is 0 Å². The fourth-order valence-electron chi connectivity index (χ4n) is 10.8. The average Bonchev–Trinajstić information content (AvgIpc) is 3.82. The molecule has 0 bridgehead atoms. The van der Waals surface area contributed by atoms with Crippen LogP contribution in [0.25, 0.3) is 0 Å². The van der Waals surface area contributed by atoms with Gasteiger partial charge in [0, 0.05) is 45.9 Å². The van der Waals surface area contributed by atoms with Gasteiger partial charge in [-0.3, -0.25) is 43.3 Å². The normalized spacial score (nSPS) is 19.9. The van der Waals surface area contributed by atoms with Crippen molar-refractivity contribution < 1.29 is 43.5 Å². The summed E-state index contributed by atoms with van der Waals surface area (Å²) in [5.74, 6) is -4.91. The molecule has 8 amide bonds. The number of hydrogen-bond donors (Lipinski definition) is 8. The first kappa shape index (κ1) is 58.7. The smallest absolute Gasteiger partial charge is 0.247 e. The number of aliphatic imine (C=N–C) groups is 1. The van der Waals surface area contributed by atoms with E-state index < -0.39 is 102 Å². The number of nitrogens with two attached hydrogens (primary N) is 3. The quantitative estimate of drug-likeness (QED) is 0.0446. The molecule has 1 unspecified atom stereocenters. The highest BCUT2D eigenvalue weighted by molar-refractivity contribution is 7.98. The molecule has 1 saturated heterocycles. The monoisotopic (exact) mass is 1050 g/mol. The molecular formula is C53H79N11O9S. The van der Waals surface area contributed by atoms with Crippen molar-refractivity contribution >= 4 is 65.0 Å². The summed E-state index contributed by atoms with van der Waals surface area (Å²) in [7, 11) is 1.38. The van der Waals surface area contributed by atoms with Crippen molar-refractivity contribution in [3.8, 4) is 0 Å². The number of aliphatic hydroxyl groups is 1. The number of benzene rings is 2. The van der Waals surface area contributed by atoms with Gasteiger partial charge in [0.2, 0.25) is 47.3 Å². The summed E-state index contributed by atoms with van der Waals surface area (Å²) in [6, 6.07) is 8.42. The second-order valence-electron chi connectivity index (χ2n) is 20.9. The van der Waals surface area contributed by atoms with Crippen LogP contribution in [-0.2, 0) is 51.3 Å². The number of thioether (sulfide) groups is 1. The molecule has 2 aromatic rings. The van der Waals surface area contributed by atoms with Crippen LogP contribution in [0.1, 0.15) is 115 Å². The molecule has 2 aliphatic heterocycles. The maximum atomic E-state index is 15.1. The molecule has 2 heterocycles. The topological polar surface area (TPSA) is 305 Å². The molecule has 20 nitrogen and oxygen atoms in total. The Morgan fingerprint density at radius 3 is 2.01 bits per heavy atom. The molecule has 74 heavy (non-hydrogen) atoms. The fourth-order valence-corrected chi connectivity index (χ4v) is 11.3. The van der Waals surface area contributed by atoms with Crippen LogP contribution in [0.4, 0.5) is 0 Å². The number of carbonyl (C=O) groups is 8. The van der Waals surface area contributed by atoms with Crippen molar-refractivity contribution in [2.75, 3.05) is 38.8 Å². The highest BCUT2D eigenvalue weighted by Crippen LogP contribution is 2.35. The molecule has 21 heteroatoms. The van der Waals surface area contributed by atoms with Crippen LogP contribution < -0.4 is 38.5 Å². The molecule has 1 aliphatic carbocycles. The van der Waals surface area contributed by atoms with Crippen molar-refractivity contribution in [2.24, 2.45) is 33.5 Å². The Hall–Kier alpha value is -6.22. The van der Waals surface area contributed by atoms with Crippen LogP contribution in [0.15, 0.2) is 59.6 Å². The zero-order valence-corrected chi connectivity index (χ0v) is 44.7. The van der Waals surface area contributed by atoms with Crippen LogP contribution >= 0.6 is 11.8 Å². The molecule has 406 valence electrons. The maximum Gasteiger partial charge on any atom is 0.247 e. The second kappa shape index (κ2) is 27.4. The van der Waals surface area contributed by atoms with Gasteiger partial charge in [0.05, 0.1) is 6.61 Å². The molecule has 0 aromatic heterocycles. The van der Waals surface area contributed by atoms with Crippen molar-refractivity contribution in [3.63, 3.8) is 0 Å². The van der Waals surface area contributed by atoms with E-state index in [2.05, 4.69) is 26.3 Å². The lowest BCUT2D eigenvalue weighted by Crippen LogP contribution is -2.62. The van der Waals surface area contributed by atoms with E-state index in [-0.39, 0.29) is 63.1 Å². The Morgan fingerprint density at radius 2 is 1.41 bits per heavy atom. The number of nitrogens with one attached hydrogen (secondary N) is 4. The van der Waals surface area contributed by atoms with E-state index in [1.165, 1.54) is 35.5 Å². The van der Waals surface area contributed by atoms with Crippen LogP contribution in [0.5, 0.6) is 0 Å². The number of nitrogens with zero attached hydrogens (tertiary/aromatic N) is 4. The summed E-state index contributed by atoms with van der Waals surface area (Å²) in [5.41, 5.74) is 18.5. The van der Waals surface area contributed by atoms with Gasteiger partial charge < -0.3 is 58.3 Å². The first-order chi connectivity index (χ1) is 35.2. The summed E-state index contributed by atoms with van der Waals surface area (Å²) >= 11 is 1.45. The molecule has 0 spiro atoms. The van der Waals surface area contributed by atoms with Gasteiger partial charge in [-0.25, -0.2) is 0 Å². The first-order valence-electron chi connectivity index (χ1n) is 25.8. The maximum absolute atomic E-state index is 15.1. The molecule has 8 atom stereocenters. The van der Waals surface area contributed by atoms with Crippen LogP contribution in [0, 0.1) is 11.3 Å². The lowest BCUT2D eigenvalue weighted by Gasteiger charge is -2.39. The fraction of sp³-hybridized carbons (Fsp3) is 0.604. The van der Waals surface area contributed by atoms with E-state index in [1.54, 1.807) is 20.8 Å². The Kier molecular flexibility index (Phi) is 21.7. The summed E-state index contributed by atoms with van der Waals surface area (Å²) in [6.07, 6.45) is 8.27. The molecule has 2 aromatic carbocycles. The summed E-state index contributed by atoms with van der Waals surface area (Å²) < 4.78 is 0. The lowest BCUT2D eigenvalue weighted by molar-refractivity contribution is -0.148. The van der Waals surface area contributed by atoms with Crippen LogP contribution in [0.3, 0.4) is 0 Å². The van der Waals surface area contributed by atoms with E-state index in [4.69, 9.17) is 17.2 Å². The number of amides is 8. The molecule has 1 saturated carbocycles. The Morgan fingerprint density at radius 1 is 0.784 bits per heavy atom. The number of likely N-dealkylation sites (N-methyl/N-ethyl adjacent to an activating group) is 1. The first-order valence-corrected chi connectivity index (χ1v) is 27.2. The predicted octanol–water partition coefficient (Wildman–Crippen LogP) is 1.41. The minimum absolute atomic E-state index is 0.0109. The molecule has 5 rings (SSSR count). The number of primary amides is 1. The summed E-state index contributed by atoms with van der Waals surface area (Å²) in [4.78, 5) is 121. The van der Waals surface area contributed by atoms with E-state index in [0.29, 0.717) is 18.6 Å². The van der Waals surface area contributed by atoms with Gasteiger partial charge in [-0.05, 0) is 72.1 Å². The van der Waals surface area contributed by atoms with Crippen molar-refractivity contribution in [1.82, 2.24) is 36.0 Å². The van der Waals surface area contributed by atoms with Gasteiger partial charge in [0.1, 0.15) is 42.3 Å². The van der Waals surface area contributed by atoms with Crippen molar-refractivity contribution in [2.45, 2.75) is 153 Å². The molecular weight excluding hydrogens is 967 g/mol. The SMILES string of the molecule is CSCC[C@@H](NC(=O)[C@H]1Cc2ccccc2CN1C(=O)[C@H](CCCN=C(N)N)NC(=O)[C@H](CC1CCCCC1)NC(C)=O)C(=O)N1CCC(c2ccccc2)[C@@H]1C(=O)N[C@@H](CO)C(=O)N(C)[C@H](C(N)=O)C(C)(C)C. The van der Waals surface area contributed by atoms with Crippen LogP contribution in [-0.4, -0.2) is 154 Å². The van der Waals surface area contributed by atoms with E-state index in [0.717, 1.165) is 53.7 Å². The number of rotatable bonds is 23. The molecule has 11 N–H and O–H groups in total. The third-order valence-corrected chi connectivity index (χ3v) is 15.1. The van der Waals surface area contributed by atoms with Gasteiger partial charge in [-0.1, -0.05) is 107 Å². The van der Waals surface area contributed by atoms with E-state index in [9.17, 15) is 33.9 Å². The zero-order chi connectivity index (χ0) is 54.3. The highest BCUT2D eigenvalue weighted by atomic mass is 32.2. The highest BCUT2D eigenvalue weighted by Gasteiger charge is 2.47. The van der Waals surface area contributed by atoms with Gasteiger partial charge in [0.15, 0.2) is 5.96 Å². The summed E-state index contributed by atoms with van der Waals surface area (Å²) in [6.45, 7) is 6.02. The second-order valence-corrected chi connectivity index (χ2v) is 21.9.